The van der Waals surface area contributed by atoms with Crippen LogP contribution >= 0.6 is 0 Å². The first-order chi connectivity index (χ1) is 13.4. The lowest BCUT2D eigenvalue weighted by molar-refractivity contribution is -0.189. The standard InChI is InChI=1S/C18H19F3N6O/c1-11(18(19,20)21)28-13-3-5-27-15(9-24-17(27)6-13)14-8-23-10-16(26-14)25-12-2-4-22-7-12/h3,5-6,8-12,22H,2,4,7H2,1H3,(H,25,26). The molecule has 1 aliphatic heterocycles. The first-order valence-electron chi connectivity index (χ1n) is 8.90. The third kappa shape index (κ3) is 3.86. The minimum Gasteiger partial charge on any atom is -0.481 e. The predicted octanol–water partition coefficient (Wildman–Crippen LogP) is 2.89. The highest BCUT2D eigenvalue weighted by Crippen LogP contribution is 2.27. The van der Waals surface area contributed by atoms with E-state index in [1.165, 1.54) is 12.1 Å². The Labute approximate surface area is 159 Å². The molecule has 0 spiro atoms. The van der Waals surface area contributed by atoms with E-state index >= 15 is 0 Å². The number of fused-ring (bicyclic) bond motifs is 1. The van der Waals surface area contributed by atoms with E-state index in [0.29, 0.717) is 28.9 Å². The van der Waals surface area contributed by atoms with Gasteiger partial charge in [-0.05, 0) is 26.0 Å². The van der Waals surface area contributed by atoms with Gasteiger partial charge in [0.2, 0.25) is 0 Å². The predicted molar refractivity (Wildman–Crippen MR) is 97.3 cm³/mol. The van der Waals surface area contributed by atoms with Gasteiger partial charge in [0.05, 0.1) is 24.3 Å². The fourth-order valence-corrected chi connectivity index (χ4v) is 3.04. The number of anilines is 1. The second kappa shape index (κ2) is 7.27. The van der Waals surface area contributed by atoms with Crippen LogP contribution in [0.3, 0.4) is 0 Å². The zero-order valence-corrected chi connectivity index (χ0v) is 15.1. The molecule has 0 radical (unpaired) electrons. The average Bonchev–Trinajstić information content (AvgIpc) is 3.30. The largest absolute Gasteiger partial charge is 0.481 e. The number of hydrogen-bond acceptors (Lipinski definition) is 6. The van der Waals surface area contributed by atoms with Crippen LogP contribution in [-0.2, 0) is 0 Å². The maximum Gasteiger partial charge on any atom is 0.425 e. The van der Waals surface area contributed by atoms with E-state index in [-0.39, 0.29) is 5.75 Å². The van der Waals surface area contributed by atoms with Crippen LogP contribution in [0.5, 0.6) is 5.75 Å². The molecule has 2 unspecified atom stereocenters. The second-order valence-electron chi connectivity index (χ2n) is 6.66. The molecule has 4 heterocycles. The zero-order chi connectivity index (χ0) is 19.7. The summed E-state index contributed by atoms with van der Waals surface area (Å²) in [6.45, 7) is 2.81. The monoisotopic (exact) mass is 392 g/mol. The Balaban J connectivity index is 1.58. The lowest BCUT2D eigenvalue weighted by Gasteiger charge is -2.17. The molecule has 0 bridgehead atoms. The van der Waals surface area contributed by atoms with E-state index in [9.17, 15) is 13.2 Å². The molecule has 0 aliphatic carbocycles. The van der Waals surface area contributed by atoms with Crippen LogP contribution < -0.4 is 15.4 Å². The molecule has 28 heavy (non-hydrogen) atoms. The molecule has 3 aromatic rings. The number of rotatable bonds is 5. The molecule has 3 aromatic heterocycles. The molecule has 2 N–H and O–H groups in total. The van der Waals surface area contributed by atoms with Crippen molar-refractivity contribution in [3.8, 4) is 17.1 Å². The minimum atomic E-state index is -4.43. The van der Waals surface area contributed by atoms with Crippen LogP contribution in [0.4, 0.5) is 19.0 Å². The quantitative estimate of drug-likeness (QED) is 0.695. The van der Waals surface area contributed by atoms with E-state index in [1.807, 2.05) is 0 Å². The maximum absolute atomic E-state index is 12.7. The van der Waals surface area contributed by atoms with Crippen molar-refractivity contribution < 1.29 is 17.9 Å². The van der Waals surface area contributed by atoms with Crippen LogP contribution in [0.2, 0.25) is 0 Å². The molecule has 1 saturated heterocycles. The van der Waals surface area contributed by atoms with Gasteiger partial charge in [0.1, 0.15) is 22.9 Å². The summed E-state index contributed by atoms with van der Waals surface area (Å²) in [5.41, 5.74) is 1.76. The number of hydrogen-bond donors (Lipinski definition) is 2. The number of imidazole rings is 1. The second-order valence-corrected chi connectivity index (χ2v) is 6.66. The number of nitrogens with zero attached hydrogens (tertiary/aromatic N) is 4. The van der Waals surface area contributed by atoms with Crippen molar-refractivity contribution >= 4 is 11.5 Å². The molecule has 10 heteroatoms. The van der Waals surface area contributed by atoms with Crippen molar-refractivity contribution in [2.45, 2.75) is 31.7 Å². The van der Waals surface area contributed by atoms with Crippen molar-refractivity contribution in [3.05, 3.63) is 36.9 Å². The first-order valence-corrected chi connectivity index (χ1v) is 8.90. The molecule has 7 nitrogen and oxygen atoms in total. The van der Waals surface area contributed by atoms with E-state index in [1.54, 1.807) is 29.2 Å². The average molecular weight is 392 g/mol. The molecular formula is C18H19F3N6O. The first kappa shape index (κ1) is 18.5. The number of aromatic nitrogens is 4. The highest BCUT2D eigenvalue weighted by molar-refractivity contribution is 5.61. The van der Waals surface area contributed by atoms with Gasteiger partial charge >= 0.3 is 6.18 Å². The molecule has 1 fully saturated rings. The van der Waals surface area contributed by atoms with E-state index in [0.717, 1.165) is 26.4 Å². The molecule has 0 aromatic carbocycles. The fraction of sp³-hybridized carbons (Fsp3) is 0.389. The van der Waals surface area contributed by atoms with Gasteiger partial charge in [0.25, 0.3) is 0 Å². The SMILES string of the molecule is CC(Oc1ccn2c(-c3cncc(NC4CCNC4)n3)cnc2c1)C(F)(F)F. The van der Waals surface area contributed by atoms with Gasteiger partial charge in [0.15, 0.2) is 6.10 Å². The zero-order valence-electron chi connectivity index (χ0n) is 15.1. The summed E-state index contributed by atoms with van der Waals surface area (Å²) in [6, 6.07) is 3.24. The number of nitrogens with one attached hydrogen (secondary N) is 2. The Morgan fingerprint density at radius 3 is 2.93 bits per heavy atom. The van der Waals surface area contributed by atoms with Crippen molar-refractivity contribution in [2.75, 3.05) is 18.4 Å². The fourth-order valence-electron chi connectivity index (χ4n) is 3.04. The minimum absolute atomic E-state index is 0.102. The van der Waals surface area contributed by atoms with Gasteiger partial charge in [-0.1, -0.05) is 0 Å². The number of ether oxygens (including phenoxy) is 1. The molecule has 4 rings (SSSR count). The smallest absolute Gasteiger partial charge is 0.425 e. The van der Waals surface area contributed by atoms with E-state index < -0.39 is 12.3 Å². The van der Waals surface area contributed by atoms with Crippen molar-refractivity contribution in [3.63, 3.8) is 0 Å². The Hall–Kier alpha value is -2.88. The number of pyridine rings is 1. The van der Waals surface area contributed by atoms with Crippen LogP contribution in [0.1, 0.15) is 13.3 Å². The van der Waals surface area contributed by atoms with Gasteiger partial charge in [-0.15, -0.1) is 0 Å². The van der Waals surface area contributed by atoms with Crippen molar-refractivity contribution in [2.24, 2.45) is 0 Å². The van der Waals surface area contributed by atoms with Gasteiger partial charge in [-0.25, -0.2) is 9.97 Å². The highest BCUT2D eigenvalue weighted by Gasteiger charge is 2.38. The Morgan fingerprint density at radius 2 is 2.18 bits per heavy atom. The lowest BCUT2D eigenvalue weighted by Crippen LogP contribution is -2.31. The van der Waals surface area contributed by atoms with Gasteiger partial charge < -0.3 is 15.4 Å². The van der Waals surface area contributed by atoms with Crippen molar-refractivity contribution in [1.82, 2.24) is 24.7 Å². The number of halogens is 3. The molecule has 148 valence electrons. The van der Waals surface area contributed by atoms with E-state index in [4.69, 9.17) is 4.74 Å². The number of alkyl halides is 3. The molecule has 1 aliphatic rings. The van der Waals surface area contributed by atoms with Crippen molar-refractivity contribution in [1.29, 1.82) is 0 Å². The molecular weight excluding hydrogens is 373 g/mol. The molecule has 2 atom stereocenters. The normalized spacial score (nSPS) is 18.4. The summed E-state index contributed by atoms with van der Waals surface area (Å²) < 4.78 is 44.8. The maximum atomic E-state index is 12.7. The summed E-state index contributed by atoms with van der Waals surface area (Å²) in [7, 11) is 0. The third-order valence-corrected chi connectivity index (χ3v) is 4.57. The molecule has 0 saturated carbocycles. The topological polar surface area (TPSA) is 76.4 Å². The molecule has 0 amide bonds. The van der Waals surface area contributed by atoms with Gasteiger partial charge in [-0.3, -0.25) is 9.38 Å². The lowest BCUT2D eigenvalue weighted by atomic mass is 10.2. The summed E-state index contributed by atoms with van der Waals surface area (Å²) in [5.74, 6) is 0.768. The highest BCUT2D eigenvalue weighted by atomic mass is 19.4. The Morgan fingerprint density at radius 1 is 1.32 bits per heavy atom. The van der Waals surface area contributed by atoms with Crippen LogP contribution in [-0.4, -0.2) is 50.8 Å². The summed E-state index contributed by atoms with van der Waals surface area (Å²) in [5, 5.41) is 6.62. The van der Waals surface area contributed by atoms with Crippen LogP contribution in [0, 0.1) is 0 Å². The summed E-state index contributed by atoms with van der Waals surface area (Å²) in [4.78, 5) is 13.1. The summed E-state index contributed by atoms with van der Waals surface area (Å²) >= 11 is 0. The van der Waals surface area contributed by atoms with Crippen LogP contribution in [0.15, 0.2) is 36.9 Å². The Bertz CT molecular complexity index is 967. The Kier molecular flexibility index (Phi) is 4.80. The third-order valence-electron chi connectivity index (χ3n) is 4.57. The van der Waals surface area contributed by atoms with Gasteiger partial charge in [0, 0.05) is 24.8 Å². The summed E-state index contributed by atoms with van der Waals surface area (Å²) in [6.07, 6.45) is 1.19. The van der Waals surface area contributed by atoms with Crippen LogP contribution in [0.25, 0.3) is 17.0 Å². The van der Waals surface area contributed by atoms with E-state index in [2.05, 4.69) is 25.6 Å². The van der Waals surface area contributed by atoms with Gasteiger partial charge in [-0.2, -0.15) is 13.2 Å².